The van der Waals surface area contributed by atoms with Crippen LogP contribution in [0.15, 0.2) is 47.6 Å². The first-order valence-corrected chi connectivity index (χ1v) is 11.9. The lowest BCUT2D eigenvalue weighted by Crippen LogP contribution is -2.29. The molecule has 7 nitrogen and oxygen atoms in total. The number of nitrogens with zero attached hydrogens (tertiary/aromatic N) is 2. The van der Waals surface area contributed by atoms with Crippen molar-refractivity contribution in [2.45, 2.75) is 24.3 Å². The predicted molar refractivity (Wildman–Crippen MR) is 126 cm³/mol. The number of rotatable bonds is 6. The molecule has 0 radical (unpaired) electrons. The van der Waals surface area contributed by atoms with Crippen molar-refractivity contribution in [1.82, 2.24) is 9.97 Å². The molecule has 0 amide bonds. The fourth-order valence-corrected chi connectivity index (χ4v) is 4.37. The number of benzene rings is 2. The molecule has 0 saturated carbocycles. The average Bonchev–Trinajstić information content (AvgIpc) is 2.76. The molecule has 1 aromatic heterocycles. The fourth-order valence-electron chi connectivity index (χ4n) is 2.54. The highest BCUT2D eigenvalue weighted by molar-refractivity contribution is 7.92. The Balaban J connectivity index is 1.86. The summed E-state index contributed by atoms with van der Waals surface area (Å²) >= 11 is 11.8. The van der Waals surface area contributed by atoms with Crippen molar-refractivity contribution in [1.29, 1.82) is 0 Å². The van der Waals surface area contributed by atoms with Crippen molar-refractivity contribution in [2.24, 2.45) is 0 Å². The lowest BCUT2D eigenvalue weighted by atomic mass is 10.1. The highest BCUT2D eigenvalue weighted by atomic mass is 35.5. The van der Waals surface area contributed by atoms with Gasteiger partial charge in [0, 0.05) is 24.0 Å². The minimum absolute atomic E-state index is 0.111. The van der Waals surface area contributed by atoms with E-state index in [2.05, 4.69) is 27.1 Å². The molecule has 0 aliphatic rings. The molecule has 3 rings (SSSR count). The second kappa shape index (κ2) is 10.1. The Morgan fingerprint density at radius 2 is 1.76 bits per heavy atom. The van der Waals surface area contributed by atoms with Crippen LogP contribution in [0.2, 0.25) is 10.0 Å². The summed E-state index contributed by atoms with van der Waals surface area (Å²) in [5.74, 6) is 2.91. The molecular weight excluding hydrogens is 509 g/mol. The molecule has 34 heavy (non-hydrogen) atoms. The molecule has 0 saturated heterocycles. The normalized spacial score (nSPS) is 11.5. The Morgan fingerprint density at radius 3 is 2.41 bits per heavy atom. The number of nitrogens with one attached hydrogen (secondary N) is 2. The van der Waals surface area contributed by atoms with Crippen LogP contribution in [0.25, 0.3) is 0 Å². The van der Waals surface area contributed by atoms with Crippen LogP contribution in [0.5, 0.6) is 0 Å². The topological polar surface area (TPSA) is 104 Å². The molecule has 0 spiro atoms. The third-order valence-electron chi connectivity index (χ3n) is 4.18. The number of sulfonamides is 1. The van der Waals surface area contributed by atoms with Gasteiger partial charge in [-0.15, -0.1) is 0 Å². The molecule has 0 unspecified atom stereocenters. The van der Waals surface area contributed by atoms with Gasteiger partial charge in [-0.1, -0.05) is 35.0 Å². The molecular formula is C22H18Cl2F2N4O3S. The SMILES string of the molecule is CC(C)(O)CNc1ncc(C#Cc2c(F)ccc(NS(=O)(=O)c3cc(Cl)ccc3Cl)c2F)cn1. The zero-order valence-electron chi connectivity index (χ0n) is 17.8. The number of aromatic nitrogens is 2. The van der Waals surface area contributed by atoms with Crippen molar-refractivity contribution in [3.8, 4) is 11.8 Å². The summed E-state index contributed by atoms with van der Waals surface area (Å²) in [4.78, 5) is 7.66. The zero-order valence-corrected chi connectivity index (χ0v) is 20.2. The molecule has 0 bridgehead atoms. The van der Waals surface area contributed by atoms with E-state index >= 15 is 0 Å². The maximum Gasteiger partial charge on any atom is 0.263 e. The van der Waals surface area contributed by atoms with Gasteiger partial charge in [0.1, 0.15) is 10.7 Å². The van der Waals surface area contributed by atoms with Gasteiger partial charge in [-0.05, 0) is 44.2 Å². The van der Waals surface area contributed by atoms with Gasteiger partial charge in [0.15, 0.2) is 5.82 Å². The Hall–Kier alpha value is -2.97. The van der Waals surface area contributed by atoms with Gasteiger partial charge >= 0.3 is 0 Å². The average molecular weight is 527 g/mol. The minimum atomic E-state index is -4.33. The first-order valence-electron chi connectivity index (χ1n) is 9.62. The van der Waals surface area contributed by atoms with Gasteiger partial charge in [-0.2, -0.15) is 0 Å². The second-order valence-corrected chi connectivity index (χ2v) is 10.2. The third kappa shape index (κ3) is 6.55. The highest BCUT2D eigenvalue weighted by Gasteiger charge is 2.22. The molecule has 3 aromatic rings. The molecule has 1 heterocycles. The van der Waals surface area contributed by atoms with E-state index in [1.54, 1.807) is 13.8 Å². The van der Waals surface area contributed by atoms with Gasteiger partial charge in [-0.25, -0.2) is 27.2 Å². The number of hydrogen-bond donors (Lipinski definition) is 3. The van der Waals surface area contributed by atoms with E-state index in [-0.39, 0.29) is 33.0 Å². The molecule has 0 aliphatic heterocycles. The smallest absolute Gasteiger partial charge is 0.263 e. The molecule has 0 atom stereocenters. The van der Waals surface area contributed by atoms with Crippen LogP contribution in [0.3, 0.4) is 0 Å². The molecule has 2 aromatic carbocycles. The lowest BCUT2D eigenvalue weighted by molar-refractivity contribution is 0.0943. The number of hydrogen-bond acceptors (Lipinski definition) is 6. The van der Waals surface area contributed by atoms with E-state index < -0.39 is 38.5 Å². The van der Waals surface area contributed by atoms with E-state index in [1.165, 1.54) is 24.5 Å². The maximum atomic E-state index is 14.9. The molecule has 0 fully saturated rings. The highest BCUT2D eigenvalue weighted by Crippen LogP contribution is 2.28. The minimum Gasteiger partial charge on any atom is -0.389 e. The summed E-state index contributed by atoms with van der Waals surface area (Å²) in [5, 5.41) is 12.5. The van der Waals surface area contributed by atoms with E-state index in [1.807, 2.05) is 4.72 Å². The quantitative estimate of drug-likeness (QED) is 0.410. The van der Waals surface area contributed by atoms with Gasteiger partial charge in [-0.3, -0.25) is 4.72 Å². The summed E-state index contributed by atoms with van der Waals surface area (Å²) in [7, 11) is -4.33. The Kier molecular flexibility index (Phi) is 7.63. The number of anilines is 2. The van der Waals surface area contributed by atoms with Crippen LogP contribution in [-0.4, -0.2) is 35.6 Å². The monoisotopic (exact) mass is 526 g/mol. The van der Waals surface area contributed by atoms with Crippen molar-refractivity contribution in [3.63, 3.8) is 0 Å². The maximum absolute atomic E-state index is 14.9. The summed E-state index contributed by atoms with van der Waals surface area (Å²) in [6, 6.07) is 5.59. The number of aliphatic hydroxyl groups is 1. The molecule has 178 valence electrons. The van der Waals surface area contributed by atoms with Crippen LogP contribution in [0.4, 0.5) is 20.4 Å². The third-order valence-corrected chi connectivity index (χ3v) is 6.26. The van der Waals surface area contributed by atoms with Crippen molar-refractivity contribution in [3.05, 3.63) is 75.5 Å². The van der Waals surface area contributed by atoms with Gasteiger partial charge in [0.2, 0.25) is 5.95 Å². The van der Waals surface area contributed by atoms with Crippen LogP contribution in [-0.2, 0) is 10.0 Å². The molecule has 3 N–H and O–H groups in total. The summed E-state index contributed by atoms with van der Waals surface area (Å²) in [5.41, 5.74) is -1.89. The molecule has 0 aliphatic carbocycles. The Morgan fingerprint density at radius 1 is 1.09 bits per heavy atom. The largest absolute Gasteiger partial charge is 0.389 e. The van der Waals surface area contributed by atoms with E-state index in [4.69, 9.17) is 23.2 Å². The zero-order chi connectivity index (χ0) is 25.1. The standard InChI is InChI=1S/C22H18Cl2F2N4O3S/c1-22(2,31)12-29-21-27-10-13(11-28-21)3-5-15-17(25)7-8-18(20(15)26)30-34(32,33)19-9-14(23)4-6-16(19)24/h4,6-11,30-31H,12H2,1-2H3,(H,27,28,29). The summed E-state index contributed by atoms with van der Waals surface area (Å²) in [6.07, 6.45) is 2.66. The predicted octanol–water partition coefficient (Wildman–Crippen LogP) is 4.45. The van der Waals surface area contributed by atoms with Crippen molar-refractivity contribution < 1.29 is 22.3 Å². The van der Waals surface area contributed by atoms with Gasteiger partial charge in [0.25, 0.3) is 10.0 Å². The summed E-state index contributed by atoms with van der Waals surface area (Å²) < 4.78 is 56.6. The van der Waals surface area contributed by atoms with E-state index in [0.29, 0.717) is 0 Å². The first-order chi connectivity index (χ1) is 15.9. The lowest BCUT2D eigenvalue weighted by Gasteiger charge is -2.17. The van der Waals surface area contributed by atoms with Gasteiger partial charge in [0.05, 0.1) is 27.4 Å². The van der Waals surface area contributed by atoms with Crippen LogP contribution >= 0.6 is 23.2 Å². The first kappa shape index (κ1) is 25.6. The van der Waals surface area contributed by atoms with Crippen molar-refractivity contribution in [2.75, 3.05) is 16.6 Å². The number of halogens is 4. The fraction of sp³-hybridized carbons (Fsp3) is 0.182. The van der Waals surface area contributed by atoms with Gasteiger partial charge < -0.3 is 10.4 Å². The Labute approximate surface area is 205 Å². The van der Waals surface area contributed by atoms with E-state index in [9.17, 15) is 22.3 Å². The molecule has 12 heteroatoms. The van der Waals surface area contributed by atoms with Crippen LogP contribution in [0, 0.1) is 23.5 Å². The van der Waals surface area contributed by atoms with Crippen LogP contribution < -0.4 is 10.0 Å². The Bertz CT molecular complexity index is 1380. The van der Waals surface area contributed by atoms with E-state index in [0.717, 1.165) is 18.2 Å². The second-order valence-electron chi connectivity index (χ2n) is 7.68. The van der Waals surface area contributed by atoms with Crippen molar-refractivity contribution >= 4 is 44.9 Å². The summed E-state index contributed by atoms with van der Waals surface area (Å²) in [6.45, 7) is 3.43. The van der Waals surface area contributed by atoms with Crippen LogP contribution in [0.1, 0.15) is 25.0 Å².